The molecule has 0 aromatic carbocycles. The minimum Gasteiger partial charge on any atom is -0.391 e. The molecule has 0 atom stereocenters. The molecule has 0 heterocycles. The Balaban J connectivity index is -0.000000180. The molecule has 0 rings (SSSR count). The first-order chi connectivity index (χ1) is 3.06. The van der Waals surface area contributed by atoms with E-state index in [-0.39, 0.29) is 18.6 Å². The second kappa shape index (κ2) is 5.87. The molecule has 0 radical (unpaired) electrons. The molecule has 0 saturated carbocycles. The molecule has 3 N–H and O–H groups in total. The van der Waals surface area contributed by atoms with Crippen molar-refractivity contribution in [2.75, 3.05) is 6.26 Å². The first-order valence-corrected chi connectivity index (χ1v) is 3.37. The van der Waals surface area contributed by atoms with Crippen LogP contribution in [0.15, 0.2) is 12.8 Å². The SMILES string of the molecule is C=COS(C)(=O)=O.Cl.N. The summed E-state index contributed by atoms with van der Waals surface area (Å²) in [5.74, 6) is 0. The molecule has 0 aromatic heterocycles. The average molecular weight is 176 g/mol. The van der Waals surface area contributed by atoms with Crippen LogP contribution in [0.25, 0.3) is 0 Å². The summed E-state index contributed by atoms with van der Waals surface area (Å²) in [7, 11) is -3.29. The van der Waals surface area contributed by atoms with E-state index >= 15 is 0 Å². The van der Waals surface area contributed by atoms with E-state index in [1.807, 2.05) is 0 Å². The lowest BCUT2D eigenvalue weighted by molar-refractivity contribution is 0.451. The van der Waals surface area contributed by atoms with Gasteiger partial charge in [0.2, 0.25) is 0 Å². The maximum atomic E-state index is 9.94. The first-order valence-electron chi connectivity index (χ1n) is 1.55. The Morgan fingerprint density at radius 3 is 1.89 bits per heavy atom. The van der Waals surface area contributed by atoms with Gasteiger partial charge < -0.3 is 10.3 Å². The van der Waals surface area contributed by atoms with Crippen molar-refractivity contribution in [1.29, 1.82) is 0 Å². The lowest BCUT2D eigenvalue weighted by atomic mass is 11.2. The van der Waals surface area contributed by atoms with Crippen molar-refractivity contribution in [2.45, 2.75) is 0 Å². The fraction of sp³-hybridized carbons (Fsp3) is 0.333. The summed E-state index contributed by atoms with van der Waals surface area (Å²) in [6, 6.07) is 0. The molecule has 0 aliphatic heterocycles. The Labute approximate surface area is 61.0 Å². The number of rotatable bonds is 2. The highest BCUT2D eigenvalue weighted by atomic mass is 35.5. The zero-order valence-corrected chi connectivity index (χ0v) is 6.67. The predicted molar refractivity (Wildman–Crippen MR) is 38.4 cm³/mol. The van der Waals surface area contributed by atoms with Crippen LogP contribution < -0.4 is 6.15 Å². The van der Waals surface area contributed by atoms with Crippen molar-refractivity contribution in [2.24, 2.45) is 0 Å². The van der Waals surface area contributed by atoms with Crippen molar-refractivity contribution in [1.82, 2.24) is 6.15 Å². The van der Waals surface area contributed by atoms with Crippen molar-refractivity contribution < 1.29 is 12.6 Å². The molecule has 0 aliphatic rings. The summed E-state index contributed by atoms with van der Waals surface area (Å²) >= 11 is 0. The third kappa shape index (κ3) is 18.2. The van der Waals surface area contributed by atoms with Crippen LogP contribution >= 0.6 is 12.4 Å². The van der Waals surface area contributed by atoms with E-state index in [0.29, 0.717) is 0 Å². The van der Waals surface area contributed by atoms with Crippen LogP contribution in [0, 0.1) is 0 Å². The zero-order chi connectivity index (χ0) is 5.91. The summed E-state index contributed by atoms with van der Waals surface area (Å²) in [4.78, 5) is 0. The molecule has 58 valence electrons. The molecular weight excluding hydrogens is 166 g/mol. The largest absolute Gasteiger partial charge is 0.391 e. The minimum absolute atomic E-state index is 0. The van der Waals surface area contributed by atoms with E-state index in [1.165, 1.54) is 0 Å². The first kappa shape index (κ1) is 15.9. The van der Waals surface area contributed by atoms with Crippen LogP contribution in [0.1, 0.15) is 0 Å². The van der Waals surface area contributed by atoms with Gasteiger partial charge in [-0.3, -0.25) is 0 Å². The lowest BCUT2D eigenvalue weighted by Gasteiger charge is -1.89. The Morgan fingerprint density at radius 2 is 1.89 bits per heavy atom. The highest BCUT2D eigenvalue weighted by Gasteiger charge is 1.92. The quantitative estimate of drug-likeness (QED) is 0.495. The average Bonchev–Trinajstić information content (AvgIpc) is 1.30. The van der Waals surface area contributed by atoms with Gasteiger partial charge in [0.1, 0.15) is 0 Å². The van der Waals surface area contributed by atoms with Gasteiger partial charge in [0.05, 0.1) is 12.5 Å². The van der Waals surface area contributed by atoms with Gasteiger partial charge in [-0.25, -0.2) is 0 Å². The molecule has 6 heteroatoms. The van der Waals surface area contributed by atoms with Crippen molar-refractivity contribution in [3.63, 3.8) is 0 Å². The van der Waals surface area contributed by atoms with Crippen LogP contribution in [0.2, 0.25) is 0 Å². The highest BCUT2D eigenvalue weighted by Crippen LogP contribution is 1.82. The molecule has 0 fully saturated rings. The molecule has 0 aliphatic carbocycles. The topological polar surface area (TPSA) is 78.4 Å². The summed E-state index contributed by atoms with van der Waals surface area (Å²) in [5.41, 5.74) is 0. The molecule has 0 aromatic rings. The van der Waals surface area contributed by atoms with E-state index in [2.05, 4.69) is 10.8 Å². The van der Waals surface area contributed by atoms with Crippen LogP contribution in [-0.4, -0.2) is 14.7 Å². The third-order valence-corrected chi connectivity index (χ3v) is 0.729. The molecule has 0 spiro atoms. The number of hydrogen-bond acceptors (Lipinski definition) is 4. The van der Waals surface area contributed by atoms with Gasteiger partial charge in [-0.2, -0.15) is 8.42 Å². The zero-order valence-electron chi connectivity index (χ0n) is 5.03. The van der Waals surface area contributed by atoms with Gasteiger partial charge in [-0.1, -0.05) is 6.58 Å². The summed E-state index contributed by atoms with van der Waals surface area (Å²) in [6.07, 6.45) is 1.82. The van der Waals surface area contributed by atoms with Gasteiger partial charge in [-0.05, 0) is 0 Å². The second-order valence-corrected chi connectivity index (χ2v) is 2.57. The summed E-state index contributed by atoms with van der Waals surface area (Å²) in [5, 5.41) is 0. The lowest BCUT2D eigenvalue weighted by Crippen LogP contribution is -1.94. The summed E-state index contributed by atoms with van der Waals surface area (Å²) in [6.45, 7) is 3.04. The Bertz CT molecular complexity index is 152. The van der Waals surface area contributed by atoms with Crippen molar-refractivity contribution in [3.8, 4) is 0 Å². The monoisotopic (exact) mass is 175 g/mol. The maximum absolute atomic E-state index is 9.94. The predicted octanol–water partition coefficient (Wildman–Crippen LogP) is 0.690. The third-order valence-electron chi connectivity index (χ3n) is 0.243. The van der Waals surface area contributed by atoms with E-state index in [1.54, 1.807) is 0 Å². The standard InChI is InChI=1S/C3H6O3S.ClH.H3N/c1-3-6-7(2,4)5;;/h3H,1H2,2H3;1H;1H3. The van der Waals surface area contributed by atoms with Gasteiger partial charge in [-0.15, -0.1) is 12.4 Å². The van der Waals surface area contributed by atoms with E-state index in [0.717, 1.165) is 12.5 Å². The number of halogens is 1. The number of hydrogen-bond donors (Lipinski definition) is 1. The molecule has 9 heavy (non-hydrogen) atoms. The highest BCUT2D eigenvalue weighted by molar-refractivity contribution is 7.86. The van der Waals surface area contributed by atoms with Crippen LogP contribution in [0.5, 0.6) is 0 Å². The molecule has 0 amide bonds. The second-order valence-electron chi connectivity index (χ2n) is 0.967. The van der Waals surface area contributed by atoms with E-state index in [9.17, 15) is 8.42 Å². The van der Waals surface area contributed by atoms with E-state index in [4.69, 9.17) is 0 Å². The smallest absolute Gasteiger partial charge is 0.305 e. The minimum atomic E-state index is -3.29. The maximum Gasteiger partial charge on any atom is 0.305 e. The summed E-state index contributed by atoms with van der Waals surface area (Å²) < 4.78 is 23.8. The fourth-order valence-corrected chi connectivity index (χ4v) is 0.371. The Hall–Kier alpha value is -0.260. The van der Waals surface area contributed by atoms with Gasteiger partial charge in [0.25, 0.3) is 0 Å². The van der Waals surface area contributed by atoms with Crippen molar-refractivity contribution in [3.05, 3.63) is 12.8 Å². The Kier molecular flexibility index (Phi) is 10.4. The fourth-order valence-electron chi connectivity index (χ4n) is 0.124. The van der Waals surface area contributed by atoms with E-state index < -0.39 is 10.1 Å². The van der Waals surface area contributed by atoms with Crippen LogP contribution in [-0.2, 0) is 14.3 Å². The molecular formula is C3H10ClNO3S. The molecule has 0 saturated heterocycles. The van der Waals surface area contributed by atoms with Gasteiger partial charge in [0.15, 0.2) is 0 Å². The van der Waals surface area contributed by atoms with Crippen LogP contribution in [0.3, 0.4) is 0 Å². The molecule has 0 unspecified atom stereocenters. The normalized spacial score (nSPS) is 8.11. The molecule has 4 nitrogen and oxygen atoms in total. The van der Waals surface area contributed by atoms with Crippen molar-refractivity contribution >= 4 is 22.5 Å². The van der Waals surface area contributed by atoms with Gasteiger partial charge in [0, 0.05) is 0 Å². The van der Waals surface area contributed by atoms with Gasteiger partial charge >= 0.3 is 10.1 Å². The van der Waals surface area contributed by atoms with Crippen LogP contribution in [0.4, 0.5) is 0 Å². The molecule has 0 bridgehead atoms. The Morgan fingerprint density at radius 1 is 1.56 bits per heavy atom.